The van der Waals surface area contributed by atoms with Crippen molar-refractivity contribution >= 4 is 23.4 Å². The second-order valence-corrected chi connectivity index (χ2v) is 5.92. The van der Waals surface area contributed by atoms with Gasteiger partial charge in [0, 0.05) is 18.4 Å². The van der Waals surface area contributed by atoms with E-state index >= 15 is 0 Å². The maximum atomic E-state index is 6.10. The van der Waals surface area contributed by atoms with Crippen LogP contribution in [0.5, 0.6) is 0 Å². The third-order valence-corrected chi connectivity index (χ3v) is 4.12. The lowest BCUT2D eigenvalue weighted by Crippen LogP contribution is -2.17. The summed E-state index contributed by atoms with van der Waals surface area (Å²) >= 11 is 7.58. The lowest BCUT2D eigenvalue weighted by Gasteiger charge is -2.09. The summed E-state index contributed by atoms with van der Waals surface area (Å²) in [5.41, 5.74) is 8.07. The highest BCUT2D eigenvalue weighted by Crippen LogP contribution is 2.31. The molecule has 3 nitrogen and oxygen atoms in total. The number of halogens is 1. The summed E-state index contributed by atoms with van der Waals surface area (Å²) in [6.07, 6.45) is 4.44. The van der Waals surface area contributed by atoms with Crippen LogP contribution in [0.3, 0.4) is 0 Å². The Labute approximate surface area is 122 Å². The van der Waals surface area contributed by atoms with Crippen molar-refractivity contribution in [3.05, 3.63) is 46.7 Å². The van der Waals surface area contributed by atoms with E-state index < -0.39 is 0 Å². The van der Waals surface area contributed by atoms with E-state index in [-0.39, 0.29) is 6.04 Å². The van der Waals surface area contributed by atoms with Gasteiger partial charge >= 0.3 is 0 Å². The van der Waals surface area contributed by atoms with Crippen LogP contribution in [0.4, 0.5) is 0 Å². The van der Waals surface area contributed by atoms with Crippen molar-refractivity contribution < 1.29 is 0 Å². The number of nitrogens with two attached hydrogens (primary N) is 1. The minimum atomic E-state index is 0.143. The largest absolute Gasteiger partial charge is 0.328 e. The van der Waals surface area contributed by atoms with Crippen LogP contribution in [-0.2, 0) is 6.42 Å². The molecule has 2 heterocycles. The summed E-state index contributed by atoms with van der Waals surface area (Å²) in [4.78, 5) is 8.73. The Morgan fingerprint density at radius 1 is 1.37 bits per heavy atom. The lowest BCUT2D eigenvalue weighted by molar-refractivity contribution is 0.733. The number of pyridine rings is 2. The molecule has 1 unspecified atom stereocenters. The molecule has 19 heavy (non-hydrogen) atoms. The molecule has 0 amide bonds. The summed E-state index contributed by atoms with van der Waals surface area (Å²) in [6.45, 7) is 4.03. The third-order valence-electron chi connectivity index (χ3n) is 2.56. The molecule has 5 heteroatoms. The quantitative estimate of drug-likeness (QED) is 0.938. The molecule has 1 atom stereocenters. The Balaban J connectivity index is 2.20. The fraction of sp³-hybridized carbons (Fsp3) is 0.286. The zero-order valence-corrected chi connectivity index (χ0v) is 12.5. The molecule has 0 spiro atoms. The predicted octanol–water partition coefficient (Wildman–Crippen LogP) is 3.48. The first-order chi connectivity index (χ1) is 9.06. The Kier molecular flexibility index (Phi) is 4.80. The zero-order chi connectivity index (χ0) is 13.8. The molecule has 0 aliphatic heterocycles. The van der Waals surface area contributed by atoms with Gasteiger partial charge in [0.05, 0.1) is 5.02 Å². The summed E-state index contributed by atoms with van der Waals surface area (Å²) in [5.74, 6) is 0. The van der Waals surface area contributed by atoms with Crippen molar-refractivity contribution in [2.45, 2.75) is 36.4 Å². The van der Waals surface area contributed by atoms with Crippen molar-refractivity contribution in [2.24, 2.45) is 5.73 Å². The number of hydrogen-bond acceptors (Lipinski definition) is 4. The highest BCUT2D eigenvalue weighted by atomic mass is 35.5. The molecule has 0 radical (unpaired) electrons. The molecule has 0 aliphatic carbocycles. The molecule has 0 fully saturated rings. The average molecular weight is 294 g/mol. The van der Waals surface area contributed by atoms with Gasteiger partial charge < -0.3 is 5.73 Å². The molecule has 100 valence electrons. The van der Waals surface area contributed by atoms with E-state index in [9.17, 15) is 0 Å². The van der Waals surface area contributed by atoms with Crippen LogP contribution in [0.2, 0.25) is 5.02 Å². The van der Waals surface area contributed by atoms with E-state index in [0.717, 1.165) is 27.6 Å². The third kappa shape index (κ3) is 3.93. The Hall–Kier alpha value is -1.10. The zero-order valence-electron chi connectivity index (χ0n) is 10.9. The van der Waals surface area contributed by atoms with Gasteiger partial charge in [-0.2, -0.15) is 0 Å². The number of rotatable bonds is 4. The smallest absolute Gasteiger partial charge is 0.121 e. The van der Waals surface area contributed by atoms with Gasteiger partial charge in [0.1, 0.15) is 10.1 Å². The summed E-state index contributed by atoms with van der Waals surface area (Å²) < 4.78 is 0. The minimum Gasteiger partial charge on any atom is -0.328 e. The van der Waals surface area contributed by atoms with E-state index in [2.05, 4.69) is 16.0 Å². The van der Waals surface area contributed by atoms with E-state index in [1.54, 1.807) is 6.20 Å². The first kappa shape index (κ1) is 14.3. The number of nitrogens with zero attached hydrogens (tertiary/aromatic N) is 2. The van der Waals surface area contributed by atoms with Crippen LogP contribution >= 0.6 is 23.4 Å². The maximum Gasteiger partial charge on any atom is 0.121 e. The van der Waals surface area contributed by atoms with Gasteiger partial charge in [-0.15, -0.1) is 0 Å². The van der Waals surface area contributed by atoms with Gasteiger partial charge in [-0.25, -0.2) is 9.97 Å². The molecular weight excluding hydrogens is 278 g/mol. The molecule has 2 aromatic rings. The number of aryl methyl sites for hydroxylation is 1. The van der Waals surface area contributed by atoms with Gasteiger partial charge in [-0.3, -0.25) is 0 Å². The Morgan fingerprint density at radius 3 is 2.79 bits per heavy atom. The van der Waals surface area contributed by atoms with Crippen LogP contribution in [0.15, 0.2) is 40.6 Å². The highest BCUT2D eigenvalue weighted by molar-refractivity contribution is 7.99. The second kappa shape index (κ2) is 6.37. The van der Waals surface area contributed by atoms with Crippen LogP contribution < -0.4 is 5.73 Å². The van der Waals surface area contributed by atoms with E-state index in [1.165, 1.54) is 11.8 Å². The van der Waals surface area contributed by atoms with Gasteiger partial charge in [0.25, 0.3) is 0 Å². The van der Waals surface area contributed by atoms with Crippen LogP contribution in [-0.4, -0.2) is 16.0 Å². The number of hydrogen-bond donors (Lipinski definition) is 1. The fourth-order valence-electron chi connectivity index (χ4n) is 1.75. The second-order valence-electron chi connectivity index (χ2n) is 4.54. The van der Waals surface area contributed by atoms with Crippen LogP contribution in [0.1, 0.15) is 18.1 Å². The maximum absolute atomic E-state index is 6.10. The molecule has 0 saturated carbocycles. The number of aromatic nitrogens is 2. The molecule has 0 saturated heterocycles. The Bertz CT molecular complexity index is 572. The first-order valence-corrected chi connectivity index (χ1v) is 7.25. The van der Waals surface area contributed by atoms with E-state index in [1.807, 2.05) is 32.2 Å². The molecule has 2 aromatic heterocycles. The molecule has 2 N–H and O–H groups in total. The van der Waals surface area contributed by atoms with Crippen molar-refractivity contribution in [2.75, 3.05) is 0 Å². The molecular formula is C14H16ClN3S. The van der Waals surface area contributed by atoms with Crippen LogP contribution in [0.25, 0.3) is 0 Å². The van der Waals surface area contributed by atoms with Gasteiger partial charge in [-0.1, -0.05) is 17.7 Å². The summed E-state index contributed by atoms with van der Waals surface area (Å²) in [5, 5.41) is 2.35. The normalized spacial score (nSPS) is 12.4. The molecule has 2 rings (SSSR count). The van der Waals surface area contributed by atoms with E-state index in [4.69, 9.17) is 17.3 Å². The first-order valence-electron chi connectivity index (χ1n) is 6.05. The average Bonchev–Trinajstić information content (AvgIpc) is 2.34. The van der Waals surface area contributed by atoms with Crippen molar-refractivity contribution in [3.8, 4) is 0 Å². The SMILES string of the molecule is Cc1cc(CC(C)N)cnc1Sc1ncccc1Cl. The molecule has 0 bridgehead atoms. The van der Waals surface area contributed by atoms with Gasteiger partial charge in [-0.05, 0) is 55.3 Å². The van der Waals surface area contributed by atoms with Crippen molar-refractivity contribution in [3.63, 3.8) is 0 Å². The van der Waals surface area contributed by atoms with Crippen molar-refractivity contribution in [1.82, 2.24) is 9.97 Å². The molecule has 0 aromatic carbocycles. The summed E-state index contributed by atoms with van der Waals surface area (Å²) in [6, 6.07) is 5.91. The van der Waals surface area contributed by atoms with Crippen LogP contribution in [0, 0.1) is 6.92 Å². The molecule has 0 aliphatic rings. The summed E-state index contributed by atoms with van der Waals surface area (Å²) in [7, 11) is 0. The fourth-order valence-corrected chi connectivity index (χ4v) is 2.77. The standard InChI is InChI=1S/C14H16ClN3S/c1-9-6-11(7-10(2)16)8-18-13(9)19-14-12(15)4-3-5-17-14/h3-6,8,10H,7,16H2,1-2H3. The van der Waals surface area contributed by atoms with Gasteiger partial charge in [0.2, 0.25) is 0 Å². The minimum absolute atomic E-state index is 0.143. The predicted molar refractivity (Wildman–Crippen MR) is 79.7 cm³/mol. The van der Waals surface area contributed by atoms with Gasteiger partial charge in [0.15, 0.2) is 0 Å². The van der Waals surface area contributed by atoms with E-state index in [0.29, 0.717) is 5.02 Å². The highest BCUT2D eigenvalue weighted by Gasteiger charge is 2.08. The Morgan fingerprint density at radius 2 is 2.16 bits per heavy atom. The topological polar surface area (TPSA) is 51.8 Å². The lowest BCUT2D eigenvalue weighted by atomic mass is 10.1. The monoisotopic (exact) mass is 293 g/mol. The van der Waals surface area contributed by atoms with Crippen molar-refractivity contribution in [1.29, 1.82) is 0 Å².